The van der Waals surface area contributed by atoms with Crippen LogP contribution in [-0.4, -0.2) is 20.3 Å². The van der Waals surface area contributed by atoms with E-state index in [0.29, 0.717) is 11.4 Å². The fraction of sp³-hybridized carbons (Fsp3) is 0.333. The van der Waals surface area contributed by atoms with E-state index in [-0.39, 0.29) is 5.37 Å². The molecule has 0 spiro atoms. The lowest BCUT2D eigenvalue weighted by molar-refractivity contribution is 0.593. The van der Waals surface area contributed by atoms with Crippen molar-refractivity contribution < 1.29 is 8.42 Å². The summed E-state index contributed by atoms with van der Waals surface area (Å²) in [7, 11) is -3.11. The van der Waals surface area contributed by atoms with Crippen LogP contribution < -0.4 is 5.32 Å². The number of benzene rings is 1. The first kappa shape index (κ1) is 8.72. The summed E-state index contributed by atoms with van der Waals surface area (Å²) in [4.78, 5) is 0.449. The average Bonchev–Trinajstić information content (AvgIpc) is 2.86. The van der Waals surface area contributed by atoms with Gasteiger partial charge in [0.15, 0.2) is 9.84 Å². The van der Waals surface area contributed by atoms with Gasteiger partial charge in [-0.05, 0) is 18.6 Å². The molecule has 3 nitrogen and oxygen atoms in total. The zero-order chi connectivity index (χ0) is 9.47. The molecule has 4 heteroatoms. The molecular formula is C9H11NO2S. The van der Waals surface area contributed by atoms with E-state index in [1.54, 1.807) is 12.1 Å². The highest BCUT2D eigenvalue weighted by atomic mass is 32.2. The molecule has 1 N–H and O–H groups in total. The second-order valence-electron chi connectivity index (χ2n) is 3.21. The smallest absolute Gasteiger partial charge is 0.195 e. The van der Waals surface area contributed by atoms with Crippen molar-refractivity contribution in [3.05, 3.63) is 29.8 Å². The van der Waals surface area contributed by atoms with Crippen molar-refractivity contribution in [2.24, 2.45) is 0 Å². The van der Waals surface area contributed by atoms with Gasteiger partial charge in [-0.1, -0.05) is 18.2 Å². The van der Waals surface area contributed by atoms with Gasteiger partial charge in [-0.15, -0.1) is 0 Å². The summed E-state index contributed by atoms with van der Waals surface area (Å²) in [5.41, 5.74) is 0.816. The van der Waals surface area contributed by atoms with Crippen LogP contribution in [0.4, 0.5) is 0 Å². The lowest BCUT2D eigenvalue weighted by Gasteiger charge is -2.04. The van der Waals surface area contributed by atoms with Crippen LogP contribution in [0.2, 0.25) is 0 Å². The quantitative estimate of drug-likeness (QED) is 0.710. The molecular weight excluding hydrogens is 186 g/mol. The third kappa shape index (κ3) is 1.47. The molecule has 1 aliphatic heterocycles. The molecule has 0 bridgehead atoms. The molecule has 13 heavy (non-hydrogen) atoms. The largest absolute Gasteiger partial charge is 0.297 e. The molecule has 0 amide bonds. The summed E-state index contributed by atoms with van der Waals surface area (Å²) >= 11 is 0. The highest BCUT2D eigenvalue weighted by molar-refractivity contribution is 7.92. The normalized spacial score (nSPS) is 21.5. The SMILES string of the molecule is Cc1ccccc1S(=O)(=O)C1CN1. The third-order valence-corrected chi connectivity index (χ3v) is 4.30. The van der Waals surface area contributed by atoms with Gasteiger partial charge in [-0.25, -0.2) is 8.42 Å². The summed E-state index contributed by atoms with van der Waals surface area (Å²) in [6.07, 6.45) is 0. The Morgan fingerprint density at radius 3 is 2.54 bits per heavy atom. The maximum absolute atomic E-state index is 11.8. The highest BCUT2D eigenvalue weighted by Crippen LogP contribution is 2.22. The molecule has 1 unspecified atom stereocenters. The summed E-state index contributed by atoms with van der Waals surface area (Å²) in [5.74, 6) is 0. The number of aryl methyl sites for hydroxylation is 1. The van der Waals surface area contributed by atoms with E-state index in [1.165, 1.54) is 0 Å². The molecule has 1 heterocycles. The Hall–Kier alpha value is -0.870. The molecule has 0 aliphatic carbocycles. The maximum Gasteiger partial charge on any atom is 0.195 e. The Morgan fingerprint density at radius 2 is 2.00 bits per heavy atom. The number of sulfone groups is 1. The fourth-order valence-corrected chi connectivity index (χ4v) is 2.92. The van der Waals surface area contributed by atoms with Gasteiger partial charge in [0.2, 0.25) is 0 Å². The Kier molecular flexibility index (Phi) is 1.89. The van der Waals surface area contributed by atoms with Crippen molar-refractivity contribution in [3.63, 3.8) is 0 Å². The van der Waals surface area contributed by atoms with E-state index in [9.17, 15) is 8.42 Å². The molecule has 1 aromatic rings. The number of hydrogen-bond donors (Lipinski definition) is 1. The van der Waals surface area contributed by atoms with Crippen molar-refractivity contribution >= 4 is 9.84 Å². The van der Waals surface area contributed by atoms with Crippen molar-refractivity contribution in [2.45, 2.75) is 17.2 Å². The van der Waals surface area contributed by atoms with Gasteiger partial charge in [0.05, 0.1) is 4.90 Å². The van der Waals surface area contributed by atoms with Crippen LogP contribution in [0, 0.1) is 6.92 Å². The number of hydrogen-bond acceptors (Lipinski definition) is 3. The van der Waals surface area contributed by atoms with Gasteiger partial charge in [0.1, 0.15) is 5.37 Å². The first-order valence-electron chi connectivity index (χ1n) is 4.15. The van der Waals surface area contributed by atoms with Crippen LogP contribution in [0.25, 0.3) is 0 Å². The molecule has 1 atom stereocenters. The maximum atomic E-state index is 11.8. The Balaban J connectivity index is 2.51. The zero-order valence-electron chi connectivity index (χ0n) is 7.32. The standard InChI is InChI=1S/C9H11NO2S/c1-7-4-2-3-5-8(7)13(11,12)9-6-10-9/h2-5,9-10H,6H2,1H3. The van der Waals surface area contributed by atoms with Crippen LogP contribution in [0.1, 0.15) is 5.56 Å². The predicted molar refractivity (Wildman–Crippen MR) is 50.2 cm³/mol. The minimum Gasteiger partial charge on any atom is -0.297 e. The lowest BCUT2D eigenvalue weighted by Crippen LogP contribution is -2.12. The van der Waals surface area contributed by atoms with Crippen LogP contribution in [0.15, 0.2) is 29.2 Å². The second kappa shape index (κ2) is 2.82. The summed E-state index contributed by atoms with van der Waals surface area (Å²) in [5, 5.41) is 2.46. The summed E-state index contributed by atoms with van der Waals surface area (Å²) < 4.78 is 23.5. The molecule has 1 aromatic carbocycles. The van der Waals surface area contributed by atoms with Crippen molar-refractivity contribution in [1.29, 1.82) is 0 Å². The molecule has 0 saturated carbocycles. The van der Waals surface area contributed by atoms with Gasteiger partial charge in [0, 0.05) is 6.54 Å². The summed E-state index contributed by atoms with van der Waals surface area (Å²) in [6.45, 7) is 2.39. The monoisotopic (exact) mass is 197 g/mol. The third-order valence-electron chi connectivity index (χ3n) is 2.15. The molecule has 0 aromatic heterocycles. The molecule has 1 saturated heterocycles. The molecule has 1 fully saturated rings. The van der Waals surface area contributed by atoms with E-state index < -0.39 is 9.84 Å². The average molecular weight is 197 g/mol. The van der Waals surface area contributed by atoms with Gasteiger partial charge in [-0.2, -0.15) is 0 Å². The fourth-order valence-electron chi connectivity index (χ4n) is 1.30. The Bertz CT molecular complexity index is 421. The van der Waals surface area contributed by atoms with E-state index in [1.807, 2.05) is 19.1 Å². The molecule has 70 valence electrons. The van der Waals surface area contributed by atoms with Crippen LogP contribution in [0.5, 0.6) is 0 Å². The highest BCUT2D eigenvalue weighted by Gasteiger charge is 2.36. The predicted octanol–water partition coefficient (Wildman–Crippen LogP) is 0.698. The minimum atomic E-state index is -3.11. The topological polar surface area (TPSA) is 56.1 Å². The Morgan fingerprint density at radius 1 is 1.38 bits per heavy atom. The van der Waals surface area contributed by atoms with Gasteiger partial charge in [-0.3, -0.25) is 5.32 Å². The van der Waals surface area contributed by atoms with Crippen LogP contribution >= 0.6 is 0 Å². The van der Waals surface area contributed by atoms with Crippen molar-refractivity contribution in [3.8, 4) is 0 Å². The first-order valence-corrected chi connectivity index (χ1v) is 5.70. The van der Waals surface area contributed by atoms with Crippen molar-refractivity contribution in [1.82, 2.24) is 5.32 Å². The lowest BCUT2D eigenvalue weighted by atomic mass is 10.2. The van der Waals surface area contributed by atoms with E-state index in [0.717, 1.165) is 5.56 Å². The first-order chi connectivity index (χ1) is 6.12. The number of rotatable bonds is 2. The van der Waals surface area contributed by atoms with Crippen molar-refractivity contribution in [2.75, 3.05) is 6.54 Å². The molecule has 0 radical (unpaired) electrons. The zero-order valence-corrected chi connectivity index (χ0v) is 8.14. The summed E-state index contributed by atoms with van der Waals surface area (Å²) in [6, 6.07) is 7.07. The minimum absolute atomic E-state index is 0.353. The van der Waals surface area contributed by atoms with E-state index in [4.69, 9.17) is 0 Å². The molecule has 2 rings (SSSR count). The Labute approximate surface area is 77.7 Å². The number of nitrogens with one attached hydrogen (secondary N) is 1. The van der Waals surface area contributed by atoms with Gasteiger partial charge < -0.3 is 0 Å². The second-order valence-corrected chi connectivity index (χ2v) is 5.31. The van der Waals surface area contributed by atoms with Crippen LogP contribution in [-0.2, 0) is 9.84 Å². The van der Waals surface area contributed by atoms with E-state index in [2.05, 4.69) is 5.32 Å². The van der Waals surface area contributed by atoms with Gasteiger partial charge >= 0.3 is 0 Å². The van der Waals surface area contributed by atoms with Crippen LogP contribution in [0.3, 0.4) is 0 Å². The van der Waals surface area contributed by atoms with E-state index >= 15 is 0 Å². The van der Waals surface area contributed by atoms with Gasteiger partial charge in [0.25, 0.3) is 0 Å². The molecule has 1 aliphatic rings.